The maximum atomic E-state index is 11.1. The van der Waals surface area contributed by atoms with Gasteiger partial charge in [-0.25, -0.2) is 5.43 Å². The number of halogens is 1. The Morgan fingerprint density at radius 2 is 1.94 bits per heavy atom. The van der Waals surface area contributed by atoms with E-state index in [1.807, 2.05) is 4.90 Å². The number of aromatic hydroxyl groups is 1. The first-order valence-electron chi connectivity index (χ1n) is 9.86. The second-order valence-corrected chi connectivity index (χ2v) is 8.13. The van der Waals surface area contributed by atoms with Gasteiger partial charge in [0.2, 0.25) is 17.8 Å². The van der Waals surface area contributed by atoms with Crippen LogP contribution in [0.1, 0.15) is 5.56 Å². The highest BCUT2D eigenvalue weighted by Crippen LogP contribution is 2.22. The van der Waals surface area contributed by atoms with Crippen LogP contribution in [0, 0.1) is 13.7 Å². The average molecular weight is 562 g/mol. The van der Waals surface area contributed by atoms with Gasteiger partial charge in [-0.05, 0) is 46.9 Å². The van der Waals surface area contributed by atoms with Crippen molar-refractivity contribution in [2.24, 2.45) is 5.10 Å². The summed E-state index contributed by atoms with van der Waals surface area (Å²) < 4.78 is 6.34. The number of benzene rings is 2. The number of rotatable bonds is 7. The smallest absolute Gasteiger partial charge is 0.271 e. The maximum absolute atomic E-state index is 11.1. The van der Waals surface area contributed by atoms with Crippen molar-refractivity contribution in [3.8, 4) is 5.75 Å². The number of aromatic nitrogens is 3. The molecular weight excluding hydrogens is 543 g/mol. The number of nitrogens with one attached hydrogen (secondary N) is 2. The van der Waals surface area contributed by atoms with Crippen molar-refractivity contribution < 1.29 is 14.8 Å². The second kappa shape index (κ2) is 10.4. The molecule has 0 bridgehead atoms. The summed E-state index contributed by atoms with van der Waals surface area (Å²) in [6, 6.07) is 11.2. The lowest BCUT2D eigenvalue weighted by molar-refractivity contribution is -0.384. The number of morpholine rings is 1. The molecule has 170 valence electrons. The number of non-ortho nitro benzene ring substituents is 1. The average Bonchev–Trinajstić information content (AvgIpc) is 2.82. The minimum atomic E-state index is -0.473. The predicted octanol–water partition coefficient (Wildman–Crippen LogP) is 3.12. The van der Waals surface area contributed by atoms with Gasteiger partial charge < -0.3 is 20.1 Å². The molecule has 0 atom stereocenters. The number of hydrogen-bond donors (Lipinski definition) is 3. The molecule has 0 aliphatic carbocycles. The zero-order chi connectivity index (χ0) is 23.2. The number of anilines is 4. The van der Waals surface area contributed by atoms with E-state index in [2.05, 4.69) is 53.4 Å². The Kier molecular flexibility index (Phi) is 7.09. The fourth-order valence-corrected chi connectivity index (χ4v) is 3.51. The zero-order valence-electron chi connectivity index (χ0n) is 17.2. The van der Waals surface area contributed by atoms with Crippen LogP contribution in [-0.4, -0.2) is 57.5 Å². The minimum absolute atomic E-state index is 0.0530. The molecule has 1 aliphatic rings. The molecule has 0 saturated carbocycles. The van der Waals surface area contributed by atoms with Crippen molar-refractivity contribution >= 4 is 58.0 Å². The normalized spacial score (nSPS) is 13.8. The van der Waals surface area contributed by atoms with Gasteiger partial charge in [0.1, 0.15) is 5.75 Å². The summed E-state index contributed by atoms with van der Waals surface area (Å²) >= 11 is 2.14. The topological polar surface area (TPSA) is 151 Å². The molecule has 3 N–H and O–H groups in total. The van der Waals surface area contributed by atoms with Crippen LogP contribution < -0.4 is 15.6 Å². The first-order chi connectivity index (χ1) is 16.0. The Bertz CT molecular complexity index is 1190. The molecule has 12 nitrogen and oxygen atoms in total. The molecule has 0 amide bonds. The van der Waals surface area contributed by atoms with Gasteiger partial charge in [-0.1, -0.05) is 6.07 Å². The number of hydrazone groups is 1. The van der Waals surface area contributed by atoms with Gasteiger partial charge in [0, 0.05) is 40.0 Å². The SMILES string of the molecule is O=[N+]([O-])c1cccc(Nc2nc(N/N=C/c3cc(I)ccc3O)nc(N3CCOCC3)n2)c1. The van der Waals surface area contributed by atoms with Gasteiger partial charge in [-0.2, -0.15) is 20.1 Å². The molecule has 3 aromatic rings. The van der Waals surface area contributed by atoms with Crippen molar-refractivity contribution in [1.29, 1.82) is 0 Å². The van der Waals surface area contributed by atoms with Crippen LogP contribution in [0.4, 0.5) is 29.2 Å². The number of nitro benzene ring substituents is 1. The molecule has 1 saturated heterocycles. The Morgan fingerprint density at radius 1 is 1.15 bits per heavy atom. The molecule has 1 fully saturated rings. The van der Waals surface area contributed by atoms with Crippen LogP contribution in [0.25, 0.3) is 0 Å². The third kappa shape index (κ3) is 6.01. The highest BCUT2D eigenvalue weighted by atomic mass is 127. The van der Waals surface area contributed by atoms with Gasteiger partial charge >= 0.3 is 0 Å². The molecule has 0 radical (unpaired) electrons. The largest absolute Gasteiger partial charge is 0.507 e. The number of hydrogen-bond acceptors (Lipinski definition) is 11. The number of nitrogens with zero attached hydrogens (tertiary/aromatic N) is 6. The third-order valence-corrected chi connectivity index (χ3v) is 5.26. The van der Waals surface area contributed by atoms with E-state index in [1.54, 1.807) is 30.3 Å². The van der Waals surface area contributed by atoms with E-state index in [0.717, 1.165) is 3.57 Å². The van der Waals surface area contributed by atoms with E-state index in [9.17, 15) is 15.2 Å². The van der Waals surface area contributed by atoms with Crippen LogP contribution in [0.15, 0.2) is 47.6 Å². The van der Waals surface area contributed by atoms with E-state index >= 15 is 0 Å². The van der Waals surface area contributed by atoms with E-state index in [0.29, 0.717) is 43.5 Å². The van der Waals surface area contributed by atoms with Gasteiger partial charge in [-0.15, -0.1) is 0 Å². The lowest BCUT2D eigenvalue weighted by Crippen LogP contribution is -2.37. The Hall–Kier alpha value is -3.59. The van der Waals surface area contributed by atoms with Crippen molar-refractivity contribution in [1.82, 2.24) is 15.0 Å². The zero-order valence-corrected chi connectivity index (χ0v) is 19.3. The standard InChI is InChI=1S/C20H19IN8O4/c21-14-4-5-17(30)13(10-14)12-22-27-19-24-18(23-15-2-1-3-16(11-15)29(31)32)25-20(26-19)28-6-8-33-9-7-28/h1-5,10-12,30H,6-9H2,(H2,23,24,25,26,27)/b22-12+. The van der Waals surface area contributed by atoms with Crippen LogP contribution >= 0.6 is 22.6 Å². The molecule has 2 aromatic carbocycles. The number of phenolic OH excluding ortho intramolecular Hbond substituents is 1. The van der Waals surface area contributed by atoms with Gasteiger partial charge in [0.15, 0.2) is 0 Å². The van der Waals surface area contributed by atoms with Crippen molar-refractivity contribution in [2.45, 2.75) is 0 Å². The third-order valence-electron chi connectivity index (χ3n) is 4.59. The second-order valence-electron chi connectivity index (χ2n) is 6.89. The highest BCUT2D eigenvalue weighted by Gasteiger charge is 2.17. The van der Waals surface area contributed by atoms with Gasteiger partial charge in [-0.3, -0.25) is 10.1 Å². The minimum Gasteiger partial charge on any atom is -0.507 e. The van der Waals surface area contributed by atoms with Crippen molar-refractivity contribution in [3.05, 3.63) is 61.7 Å². The van der Waals surface area contributed by atoms with Gasteiger partial charge in [0.05, 0.1) is 24.4 Å². The summed E-state index contributed by atoms with van der Waals surface area (Å²) in [6.45, 7) is 2.32. The van der Waals surface area contributed by atoms with E-state index in [4.69, 9.17) is 4.74 Å². The fraction of sp³-hybridized carbons (Fsp3) is 0.200. The van der Waals surface area contributed by atoms with Crippen LogP contribution in [0.5, 0.6) is 5.75 Å². The summed E-state index contributed by atoms with van der Waals surface area (Å²) in [5, 5.41) is 28.2. The molecule has 0 unspecified atom stereocenters. The van der Waals surface area contributed by atoms with Crippen LogP contribution in [0.2, 0.25) is 0 Å². The summed E-state index contributed by atoms with van der Waals surface area (Å²) in [5.74, 6) is 0.872. The molecule has 0 spiro atoms. The predicted molar refractivity (Wildman–Crippen MR) is 131 cm³/mol. The monoisotopic (exact) mass is 562 g/mol. The first-order valence-corrected chi connectivity index (χ1v) is 10.9. The van der Waals surface area contributed by atoms with E-state index in [-0.39, 0.29) is 23.3 Å². The number of phenols is 1. The first kappa shape index (κ1) is 22.6. The van der Waals surface area contributed by atoms with E-state index in [1.165, 1.54) is 18.3 Å². The molecule has 1 aromatic heterocycles. The summed E-state index contributed by atoms with van der Waals surface area (Å²) in [6.07, 6.45) is 1.46. The van der Waals surface area contributed by atoms with Crippen LogP contribution in [0.3, 0.4) is 0 Å². The Labute approximate surface area is 202 Å². The lowest BCUT2D eigenvalue weighted by atomic mass is 10.2. The van der Waals surface area contributed by atoms with Crippen molar-refractivity contribution in [2.75, 3.05) is 41.9 Å². The van der Waals surface area contributed by atoms with Gasteiger partial charge in [0.25, 0.3) is 5.69 Å². The Balaban J connectivity index is 1.60. The highest BCUT2D eigenvalue weighted by molar-refractivity contribution is 14.1. The molecule has 13 heteroatoms. The molecule has 1 aliphatic heterocycles. The summed E-state index contributed by atoms with van der Waals surface area (Å²) in [7, 11) is 0. The quantitative estimate of drug-likeness (QED) is 0.170. The summed E-state index contributed by atoms with van der Waals surface area (Å²) in [4.78, 5) is 25.7. The molecule has 33 heavy (non-hydrogen) atoms. The molecule has 2 heterocycles. The summed E-state index contributed by atoms with van der Waals surface area (Å²) in [5.41, 5.74) is 3.70. The van der Waals surface area contributed by atoms with E-state index < -0.39 is 4.92 Å². The lowest BCUT2D eigenvalue weighted by Gasteiger charge is -2.27. The molecular formula is C20H19IN8O4. The Morgan fingerprint density at radius 3 is 2.73 bits per heavy atom. The fourth-order valence-electron chi connectivity index (χ4n) is 2.99. The number of ether oxygens (including phenoxy) is 1. The van der Waals surface area contributed by atoms with Crippen LogP contribution in [-0.2, 0) is 4.74 Å². The number of nitro groups is 1. The maximum Gasteiger partial charge on any atom is 0.271 e. The van der Waals surface area contributed by atoms with Crippen molar-refractivity contribution in [3.63, 3.8) is 0 Å². The molecule has 4 rings (SSSR count).